The largest absolute Gasteiger partial charge is 0.481 e. The van der Waals surface area contributed by atoms with Gasteiger partial charge in [-0.2, -0.15) is 0 Å². The standard InChI is InChI=1S/C10H20O2/c1-7(2)9(3,4)10(5,6)8(11)12/h7H,1-6H3,(H,11,12). The molecule has 0 saturated carbocycles. The van der Waals surface area contributed by atoms with Crippen LogP contribution in [-0.4, -0.2) is 11.1 Å². The summed E-state index contributed by atoms with van der Waals surface area (Å²) >= 11 is 0. The molecule has 0 spiro atoms. The van der Waals surface area contributed by atoms with Gasteiger partial charge in [-0.15, -0.1) is 0 Å². The number of rotatable bonds is 3. The summed E-state index contributed by atoms with van der Waals surface area (Å²) in [6.07, 6.45) is 0. The maximum atomic E-state index is 11.0. The molecule has 12 heavy (non-hydrogen) atoms. The summed E-state index contributed by atoms with van der Waals surface area (Å²) in [4.78, 5) is 11.0. The van der Waals surface area contributed by atoms with E-state index in [4.69, 9.17) is 5.11 Å². The van der Waals surface area contributed by atoms with Crippen molar-refractivity contribution < 1.29 is 9.90 Å². The fraction of sp³-hybridized carbons (Fsp3) is 0.900. The van der Waals surface area contributed by atoms with Crippen molar-refractivity contribution in [1.29, 1.82) is 0 Å². The van der Waals surface area contributed by atoms with Crippen molar-refractivity contribution in [1.82, 2.24) is 0 Å². The predicted molar refractivity (Wildman–Crippen MR) is 50.0 cm³/mol. The zero-order chi connectivity index (χ0) is 10.2. The summed E-state index contributed by atoms with van der Waals surface area (Å²) < 4.78 is 0. The highest BCUT2D eigenvalue weighted by atomic mass is 16.4. The van der Waals surface area contributed by atoms with Gasteiger partial charge in [-0.3, -0.25) is 4.79 Å². The van der Waals surface area contributed by atoms with Crippen LogP contribution in [0.15, 0.2) is 0 Å². The van der Waals surface area contributed by atoms with E-state index in [2.05, 4.69) is 13.8 Å². The Balaban J connectivity index is 4.88. The second kappa shape index (κ2) is 3.08. The first-order valence-electron chi connectivity index (χ1n) is 4.37. The van der Waals surface area contributed by atoms with Crippen molar-refractivity contribution >= 4 is 5.97 Å². The highest BCUT2D eigenvalue weighted by molar-refractivity contribution is 5.74. The molecular weight excluding hydrogens is 152 g/mol. The van der Waals surface area contributed by atoms with Gasteiger partial charge in [0.2, 0.25) is 0 Å². The molecule has 0 atom stereocenters. The Morgan fingerprint density at radius 3 is 1.58 bits per heavy atom. The number of carboxylic acid groups (broad SMARTS) is 1. The SMILES string of the molecule is CC(C)C(C)(C)C(C)(C)C(=O)O. The number of hydrogen-bond acceptors (Lipinski definition) is 1. The number of carboxylic acids is 1. The zero-order valence-corrected chi connectivity index (χ0v) is 8.93. The van der Waals surface area contributed by atoms with Gasteiger partial charge < -0.3 is 5.11 Å². The molecule has 0 amide bonds. The summed E-state index contributed by atoms with van der Waals surface area (Å²) in [5, 5.41) is 9.03. The summed E-state index contributed by atoms with van der Waals surface area (Å²) in [5.74, 6) is -0.357. The van der Waals surface area contributed by atoms with Gasteiger partial charge in [0.15, 0.2) is 0 Å². The Kier molecular flexibility index (Phi) is 2.94. The van der Waals surface area contributed by atoms with Gasteiger partial charge in [0.25, 0.3) is 0 Å². The number of hydrogen-bond donors (Lipinski definition) is 1. The van der Waals surface area contributed by atoms with Gasteiger partial charge in [0.05, 0.1) is 5.41 Å². The Hall–Kier alpha value is -0.530. The minimum absolute atomic E-state index is 0.182. The predicted octanol–water partition coefficient (Wildman–Crippen LogP) is 2.78. The van der Waals surface area contributed by atoms with Gasteiger partial charge in [0, 0.05) is 0 Å². The van der Waals surface area contributed by atoms with Crippen LogP contribution in [0.25, 0.3) is 0 Å². The second-order valence-electron chi connectivity index (χ2n) is 4.81. The van der Waals surface area contributed by atoms with Crippen LogP contribution in [0.1, 0.15) is 41.5 Å². The lowest BCUT2D eigenvalue weighted by molar-refractivity contribution is -0.156. The molecular formula is C10H20O2. The lowest BCUT2D eigenvalue weighted by Crippen LogP contribution is -2.42. The fourth-order valence-electron chi connectivity index (χ4n) is 0.997. The highest BCUT2D eigenvalue weighted by Gasteiger charge is 2.44. The van der Waals surface area contributed by atoms with Crippen LogP contribution in [0.2, 0.25) is 0 Å². The van der Waals surface area contributed by atoms with Crippen LogP contribution in [0.4, 0.5) is 0 Å². The smallest absolute Gasteiger partial charge is 0.309 e. The first-order valence-corrected chi connectivity index (χ1v) is 4.37. The van der Waals surface area contributed by atoms with Crippen LogP contribution >= 0.6 is 0 Å². The molecule has 1 N–H and O–H groups in total. The maximum absolute atomic E-state index is 11.0. The molecule has 0 aliphatic heterocycles. The van der Waals surface area contributed by atoms with Gasteiger partial charge >= 0.3 is 5.97 Å². The molecule has 0 aromatic carbocycles. The lowest BCUT2D eigenvalue weighted by Gasteiger charge is -2.41. The third kappa shape index (κ3) is 1.62. The van der Waals surface area contributed by atoms with Crippen LogP contribution in [0.5, 0.6) is 0 Å². The molecule has 0 aliphatic rings. The third-order valence-electron chi connectivity index (χ3n) is 3.59. The van der Waals surface area contributed by atoms with E-state index in [1.807, 2.05) is 13.8 Å². The van der Waals surface area contributed by atoms with Gasteiger partial charge in [-0.25, -0.2) is 0 Å². The average Bonchev–Trinajstić information content (AvgIpc) is 1.86. The summed E-state index contributed by atoms with van der Waals surface area (Å²) in [6.45, 7) is 11.7. The molecule has 72 valence electrons. The topological polar surface area (TPSA) is 37.3 Å². The Labute approximate surface area is 75.0 Å². The summed E-state index contributed by atoms with van der Waals surface area (Å²) in [6, 6.07) is 0. The molecule has 0 aromatic rings. The Morgan fingerprint density at radius 2 is 1.50 bits per heavy atom. The molecule has 0 saturated heterocycles. The number of aliphatic carboxylic acids is 1. The monoisotopic (exact) mass is 172 g/mol. The maximum Gasteiger partial charge on any atom is 0.309 e. The van der Waals surface area contributed by atoms with E-state index >= 15 is 0 Å². The minimum atomic E-state index is -0.721. The van der Waals surface area contributed by atoms with E-state index in [0.717, 1.165) is 0 Å². The van der Waals surface area contributed by atoms with Crippen LogP contribution in [-0.2, 0) is 4.79 Å². The molecule has 0 radical (unpaired) electrons. The number of carbonyl (C=O) groups is 1. The van der Waals surface area contributed by atoms with Gasteiger partial charge in [-0.05, 0) is 25.2 Å². The van der Waals surface area contributed by atoms with Crippen molar-refractivity contribution in [2.75, 3.05) is 0 Å². The van der Waals surface area contributed by atoms with E-state index in [1.54, 1.807) is 13.8 Å². The molecule has 0 aliphatic carbocycles. The average molecular weight is 172 g/mol. The first kappa shape index (κ1) is 11.5. The highest BCUT2D eigenvalue weighted by Crippen LogP contribution is 2.44. The molecule has 0 bridgehead atoms. The van der Waals surface area contributed by atoms with Crippen molar-refractivity contribution in [3.05, 3.63) is 0 Å². The van der Waals surface area contributed by atoms with Gasteiger partial charge in [0.1, 0.15) is 0 Å². The second-order valence-corrected chi connectivity index (χ2v) is 4.81. The van der Waals surface area contributed by atoms with Crippen molar-refractivity contribution in [2.24, 2.45) is 16.7 Å². The molecule has 2 nitrogen and oxygen atoms in total. The summed E-state index contributed by atoms with van der Waals surface area (Å²) in [5.41, 5.74) is -0.847. The quantitative estimate of drug-likeness (QED) is 0.710. The van der Waals surface area contributed by atoms with E-state index in [1.165, 1.54) is 0 Å². The van der Waals surface area contributed by atoms with E-state index in [0.29, 0.717) is 5.92 Å². The lowest BCUT2D eigenvalue weighted by atomic mass is 9.62. The third-order valence-corrected chi connectivity index (χ3v) is 3.59. The normalized spacial score (nSPS) is 13.6. The molecule has 2 heteroatoms. The van der Waals surface area contributed by atoms with Crippen LogP contribution in [0, 0.1) is 16.7 Å². The minimum Gasteiger partial charge on any atom is -0.481 e. The van der Waals surface area contributed by atoms with E-state index in [9.17, 15) is 4.79 Å². The fourth-order valence-corrected chi connectivity index (χ4v) is 0.997. The van der Waals surface area contributed by atoms with Gasteiger partial charge in [-0.1, -0.05) is 27.7 Å². The summed E-state index contributed by atoms with van der Waals surface area (Å²) in [7, 11) is 0. The van der Waals surface area contributed by atoms with E-state index < -0.39 is 11.4 Å². The zero-order valence-electron chi connectivity index (χ0n) is 8.93. The molecule has 0 unspecified atom stereocenters. The van der Waals surface area contributed by atoms with Crippen LogP contribution in [0.3, 0.4) is 0 Å². The Morgan fingerprint density at radius 1 is 1.17 bits per heavy atom. The van der Waals surface area contributed by atoms with E-state index in [-0.39, 0.29) is 5.41 Å². The first-order chi connectivity index (χ1) is 5.14. The van der Waals surface area contributed by atoms with Crippen molar-refractivity contribution in [3.8, 4) is 0 Å². The molecule has 0 heterocycles. The Bertz CT molecular complexity index is 178. The molecule has 0 aromatic heterocycles. The van der Waals surface area contributed by atoms with Crippen molar-refractivity contribution in [3.63, 3.8) is 0 Å². The molecule has 0 fully saturated rings. The molecule has 0 rings (SSSR count). The van der Waals surface area contributed by atoms with Crippen LogP contribution < -0.4 is 0 Å². The van der Waals surface area contributed by atoms with Crippen molar-refractivity contribution in [2.45, 2.75) is 41.5 Å².